The van der Waals surface area contributed by atoms with Gasteiger partial charge in [-0.1, -0.05) is 19.3 Å². The van der Waals surface area contributed by atoms with E-state index in [4.69, 9.17) is 0 Å². The Kier molecular flexibility index (Phi) is 5.30. The van der Waals surface area contributed by atoms with Crippen LogP contribution in [0.15, 0.2) is 0 Å². The summed E-state index contributed by atoms with van der Waals surface area (Å²) in [6.07, 6.45) is 8.05. The van der Waals surface area contributed by atoms with Gasteiger partial charge in [0.15, 0.2) is 14.6 Å². The van der Waals surface area contributed by atoms with Gasteiger partial charge in [-0.25, -0.2) is 8.42 Å². The predicted molar refractivity (Wildman–Crippen MR) is 83.9 cm³/mol. The Labute approximate surface area is 128 Å². The van der Waals surface area contributed by atoms with E-state index in [0.717, 1.165) is 12.8 Å². The van der Waals surface area contributed by atoms with Crippen molar-refractivity contribution >= 4 is 15.7 Å². The molecule has 1 aliphatic carbocycles. The van der Waals surface area contributed by atoms with Crippen molar-refractivity contribution in [2.75, 3.05) is 32.9 Å². The maximum Gasteiger partial charge on any atom is 0.243 e. The molecule has 1 heterocycles. The number of nitrogens with one attached hydrogen (secondary N) is 1. The first-order valence-corrected chi connectivity index (χ1v) is 9.92. The molecule has 2 aliphatic rings. The number of rotatable bonds is 4. The predicted octanol–water partition coefficient (Wildman–Crippen LogP) is 1.19. The summed E-state index contributed by atoms with van der Waals surface area (Å²) in [7, 11) is -1.63. The second kappa shape index (κ2) is 6.65. The Morgan fingerprint density at radius 1 is 1.19 bits per heavy atom. The third-order valence-corrected chi connectivity index (χ3v) is 7.12. The Morgan fingerprint density at radius 3 is 2.29 bits per heavy atom. The van der Waals surface area contributed by atoms with Crippen LogP contribution in [0.5, 0.6) is 0 Å². The van der Waals surface area contributed by atoms with E-state index in [1.54, 1.807) is 11.9 Å². The summed E-state index contributed by atoms with van der Waals surface area (Å²) >= 11 is 0. The van der Waals surface area contributed by atoms with Crippen LogP contribution < -0.4 is 5.32 Å². The molecule has 1 aliphatic heterocycles. The minimum absolute atomic E-state index is 0.197. The topological polar surface area (TPSA) is 66.5 Å². The SMILES string of the molecule is CN(CC1CCCCC1)C(=O)C1(S(C)(=O)=O)CCNCC1. The smallest absolute Gasteiger partial charge is 0.243 e. The van der Waals surface area contributed by atoms with Crippen molar-refractivity contribution in [3.8, 4) is 0 Å². The molecular formula is C15H28N2O3S. The van der Waals surface area contributed by atoms with E-state index in [9.17, 15) is 13.2 Å². The number of piperidine rings is 1. The van der Waals surface area contributed by atoms with Crippen LogP contribution in [0, 0.1) is 5.92 Å². The van der Waals surface area contributed by atoms with Crippen LogP contribution in [-0.2, 0) is 14.6 Å². The fraction of sp³-hybridized carbons (Fsp3) is 0.933. The van der Waals surface area contributed by atoms with E-state index in [1.807, 2.05) is 0 Å². The highest BCUT2D eigenvalue weighted by Gasteiger charge is 2.50. The molecule has 2 fully saturated rings. The second-order valence-electron chi connectivity index (χ2n) is 6.71. The van der Waals surface area contributed by atoms with Crippen LogP contribution in [0.25, 0.3) is 0 Å². The zero-order valence-corrected chi connectivity index (χ0v) is 14.0. The van der Waals surface area contributed by atoms with E-state index in [-0.39, 0.29) is 5.91 Å². The molecule has 1 saturated carbocycles. The van der Waals surface area contributed by atoms with Gasteiger partial charge in [0, 0.05) is 19.8 Å². The van der Waals surface area contributed by atoms with Crippen molar-refractivity contribution in [3.63, 3.8) is 0 Å². The highest BCUT2D eigenvalue weighted by atomic mass is 32.2. The maximum absolute atomic E-state index is 12.9. The summed E-state index contributed by atoms with van der Waals surface area (Å²) in [4.78, 5) is 14.5. The van der Waals surface area contributed by atoms with Gasteiger partial charge in [-0.15, -0.1) is 0 Å². The van der Waals surface area contributed by atoms with Gasteiger partial charge in [0.05, 0.1) is 0 Å². The Morgan fingerprint density at radius 2 is 1.76 bits per heavy atom. The van der Waals surface area contributed by atoms with E-state index in [0.29, 0.717) is 38.4 Å². The number of amides is 1. The zero-order chi connectivity index (χ0) is 15.5. The maximum atomic E-state index is 12.9. The molecule has 6 heteroatoms. The van der Waals surface area contributed by atoms with Gasteiger partial charge in [0.25, 0.3) is 0 Å². The average Bonchev–Trinajstić information content (AvgIpc) is 2.47. The highest BCUT2D eigenvalue weighted by Crippen LogP contribution is 2.31. The van der Waals surface area contributed by atoms with Gasteiger partial charge in [-0.2, -0.15) is 0 Å². The van der Waals surface area contributed by atoms with Gasteiger partial charge in [-0.3, -0.25) is 4.79 Å². The summed E-state index contributed by atoms with van der Waals surface area (Å²) in [5.41, 5.74) is 0. The molecule has 1 saturated heterocycles. The van der Waals surface area contributed by atoms with E-state index >= 15 is 0 Å². The number of nitrogens with zero attached hydrogens (tertiary/aromatic N) is 1. The summed E-state index contributed by atoms with van der Waals surface area (Å²) in [6, 6.07) is 0. The van der Waals surface area contributed by atoms with Crippen LogP contribution >= 0.6 is 0 Å². The Hall–Kier alpha value is -0.620. The fourth-order valence-corrected chi connectivity index (χ4v) is 5.18. The molecule has 5 nitrogen and oxygen atoms in total. The molecular weight excluding hydrogens is 288 g/mol. The summed E-state index contributed by atoms with van der Waals surface area (Å²) in [6.45, 7) is 1.88. The largest absolute Gasteiger partial charge is 0.344 e. The zero-order valence-electron chi connectivity index (χ0n) is 13.2. The molecule has 0 radical (unpaired) electrons. The van der Waals surface area contributed by atoms with E-state index in [1.165, 1.54) is 25.5 Å². The van der Waals surface area contributed by atoms with Crippen LogP contribution in [0.4, 0.5) is 0 Å². The molecule has 1 N–H and O–H groups in total. The summed E-state index contributed by atoms with van der Waals surface area (Å²) in [5, 5.41) is 3.15. The van der Waals surface area contributed by atoms with E-state index in [2.05, 4.69) is 5.32 Å². The summed E-state index contributed by atoms with van der Waals surface area (Å²) in [5.74, 6) is 0.336. The number of carbonyl (C=O) groups is 1. The lowest BCUT2D eigenvalue weighted by Crippen LogP contribution is -2.58. The molecule has 0 atom stereocenters. The lowest BCUT2D eigenvalue weighted by Gasteiger charge is -2.38. The first-order chi connectivity index (χ1) is 9.87. The van der Waals surface area contributed by atoms with Crippen molar-refractivity contribution in [1.82, 2.24) is 10.2 Å². The molecule has 0 unspecified atom stereocenters. The van der Waals surface area contributed by atoms with Crippen LogP contribution in [0.2, 0.25) is 0 Å². The van der Waals surface area contributed by atoms with Crippen LogP contribution in [-0.4, -0.2) is 56.9 Å². The standard InChI is InChI=1S/C15H28N2O3S/c1-17(12-13-6-4-3-5-7-13)14(18)15(21(2,19)20)8-10-16-11-9-15/h13,16H,3-12H2,1-2H3. The number of hydrogen-bond donors (Lipinski definition) is 1. The van der Waals surface area contributed by atoms with Crippen molar-refractivity contribution in [2.45, 2.75) is 49.7 Å². The number of hydrogen-bond acceptors (Lipinski definition) is 4. The quantitative estimate of drug-likeness (QED) is 0.846. The van der Waals surface area contributed by atoms with E-state index < -0.39 is 14.6 Å². The normalized spacial score (nSPS) is 23.7. The lowest BCUT2D eigenvalue weighted by atomic mass is 9.88. The van der Waals surface area contributed by atoms with Gasteiger partial charge in [0.1, 0.15) is 0 Å². The molecule has 0 bridgehead atoms. The molecule has 0 aromatic heterocycles. The van der Waals surface area contributed by atoms with Gasteiger partial charge in [-0.05, 0) is 44.7 Å². The number of sulfone groups is 1. The Bertz CT molecular complexity index is 463. The van der Waals surface area contributed by atoms with Crippen LogP contribution in [0.1, 0.15) is 44.9 Å². The monoisotopic (exact) mass is 316 g/mol. The van der Waals surface area contributed by atoms with Gasteiger partial charge < -0.3 is 10.2 Å². The molecule has 0 aromatic carbocycles. The second-order valence-corrected chi connectivity index (χ2v) is 9.03. The number of carbonyl (C=O) groups excluding carboxylic acids is 1. The minimum Gasteiger partial charge on any atom is -0.344 e. The van der Waals surface area contributed by atoms with Gasteiger partial charge in [0.2, 0.25) is 5.91 Å². The molecule has 21 heavy (non-hydrogen) atoms. The molecule has 2 rings (SSSR count). The van der Waals surface area contributed by atoms with Gasteiger partial charge >= 0.3 is 0 Å². The minimum atomic E-state index is -3.40. The Balaban J connectivity index is 2.10. The van der Waals surface area contributed by atoms with Crippen molar-refractivity contribution in [2.24, 2.45) is 5.92 Å². The molecule has 122 valence electrons. The lowest BCUT2D eigenvalue weighted by molar-refractivity contribution is -0.134. The summed E-state index contributed by atoms with van der Waals surface area (Å²) < 4.78 is 23.3. The first kappa shape index (κ1) is 16.7. The van der Waals surface area contributed by atoms with Crippen molar-refractivity contribution in [3.05, 3.63) is 0 Å². The molecule has 1 amide bonds. The molecule has 0 aromatic rings. The van der Waals surface area contributed by atoms with Crippen LogP contribution in [0.3, 0.4) is 0 Å². The van der Waals surface area contributed by atoms with Crippen molar-refractivity contribution < 1.29 is 13.2 Å². The van der Waals surface area contributed by atoms with Crippen molar-refractivity contribution in [1.29, 1.82) is 0 Å². The third kappa shape index (κ3) is 3.59. The average molecular weight is 316 g/mol. The molecule has 0 spiro atoms. The highest BCUT2D eigenvalue weighted by molar-refractivity contribution is 7.92. The third-order valence-electron chi connectivity index (χ3n) is 5.11. The fourth-order valence-electron chi connectivity index (χ4n) is 3.76. The first-order valence-electron chi connectivity index (χ1n) is 8.03.